The molecular formula is C13H16BrN3O4. The van der Waals surface area contributed by atoms with Crippen LogP contribution in [0.5, 0.6) is 0 Å². The van der Waals surface area contributed by atoms with Gasteiger partial charge in [0.2, 0.25) is 5.91 Å². The van der Waals surface area contributed by atoms with Gasteiger partial charge in [0.05, 0.1) is 5.56 Å². The minimum Gasteiger partial charge on any atom is -0.478 e. The van der Waals surface area contributed by atoms with Gasteiger partial charge in [-0.05, 0) is 18.2 Å². The number of halogens is 1. The number of hydrogen-bond acceptors (Lipinski definition) is 3. The topological polar surface area (TPSA) is 98.7 Å². The van der Waals surface area contributed by atoms with Crippen LogP contribution in [0.2, 0.25) is 0 Å². The summed E-state index contributed by atoms with van der Waals surface area (Å²) in [6.07, 6.45) is 0.194. The maximum Gasteiger partial charge on any atom is 0.335 e. The molecule has 114 valence electrons. The third-order valence-corrected chi connectivity index (χ3v) is 2.98. The Morgan fingerprint density at radius 1 is 1.24 bits per heavy atom. The number of anilines is 1. The summed E-state index contributed by atoms with van der Waals surface area (Å²) >= 11 is 3.17. The van der Waals surface area contributed by atoms with Crippen LogP contribution in [0.3, 0.4) is 0 Å². The molecule has 0 spiro atoms. The zero-order valence-electron chi connectivity index (χ0n) is 11.6. The Kier molecular flexibility index (Phi) is 6.16. The zero-order valence-corrected chi connectivity index (χ0v) is 13.2. The Hall–Kier alpha value is -2.09. The van der Waals surface area contributed by atoms with E-state index in [1.54, 1.807) is 20.2 Å². The van der Waals surface area contributed by atoms with Gasteiger partial charge in [0.25, 0.3) is 0 Å². The number of nitrogens with one attached hydrogen (secondary N) is 2. The summed E-state index contributed by atoms with van der Waals surface area (Å²) in [6.45, 7) is 0.197. The van der Waals surface area contributed by atoms with E-state index >= 15 is 0 Å². The Morgan fingerprint density at radius 3 is 2.48 bits per heavy atom. The van der Waals surface area contributed by atoms with Crippen molar-refractivity contribution in [2.45, 2.75) is 6.42 Å². The van der Waals surface area contributed by atoms with Crippen molar-refractivity contribution in [2.75, 3.05) is 26.0 Å². The molecule has 0 atom stereocenters. The number of carboxylic acids is 1. The molecule has 8 heteroatoms. The van der Waals surface area contributed by atoms with E-state index in [2.05, 4.69) is 26.6 Å². The van der Waals surface area contributed by atoms with Crippen LogP contribution in [0.4, 0.5) is 10.5 Å². The lowest BCUT2D eigenvalue weighted by atomic mass is 10.2. The van der Waals surface area contributed by atoms with Gasteiger partial charge < -0.3 is 20.6 Å². The summed E-state index contributed by atoms with van der Waals surface area (Å²) in [4.78, 5) is 35.3. The number of carbonyl (C=O) groups is 3. The van der Waals surface area contributed by atoms with Crippen molar-refractivity contribution in [1.29, 1.82) is 0 Å². The molecule has 0 saturated carbocycles. The molecular weight excluding hydrogens is 342 g/mol. The molecule has 3 N–H and O–H groups in total. The molecule has 0 fully saturated rings. The van der Waals surface area contributed by atoms with E-state index in [1.807, 2.05) is 0 Å². The first-order valence-electron chi connectivity index (χ1n) is 6.08. The number of benzene rings is 1. The number of rotatable bonds is 5. The van der Waals surface area contributed by atoms with Crippen LogP contribution in [0.1, 0.15) is 16.8 Å². The van der Waals surface area contributed by atoms with Crippen LogP contribution in [-0.2, 0) is 4.79 Å². The minimum atomic E-state index is -1.09. The maximum absolute atomic E-state index is 11.6. The molecule has 21 heavy (non-hydrogen) atoms. The highest BCUT2D eigenvalue weighted by atomic mass is 79.9. The second-order valence-electron chi connectivity index (χ2n) is 4.45. The Labute approximate surface area is 130 Å². The van der Waals surface area contributed by atoms with Crippen LogP contribution in [0.25, 0.3) is 0 Å². The molecule has 0 bridgehead atoms. The van der Waals surface area contributed by atoms with Gasteiger partial charge in [-0.25, -0.2) is 9.59 Å². The lowest BCUT2D eigenvalue weighted by Gasteiger charge is -2.11. The predicted molar refractivity (Wildman–Crippen MR) is 81.4 cm³/mol. The molecule has 1 aromatic rings. The van der Waals surface area contributed by atoms with E-state index in [-0.39, 0.29) is 24.4 Å². The van der Waals surface area contributed by atoms with E-state index in [0.717, 1.165) is 0 Å². The molecule has 0 heterocycles. The average Bonchev–Trinajstić information content (AvgIpc) is 2.37. The van der Waals surface area contributed by atoms with E-state index in [0.29, 0.717) is 10.2 Å². The van der Waals surface area contributed by atoms with Crippen LogP contribution in [-0.4, -0.2) is 48.6 Å². The molecule has 0 radical (unpaired) electrons. The fourth-order valence-electron chi connectivity index (χ4n) is 1.47. The van der Waals surface area contributed by atoms with E-state index in [9.17, 15) is 14.4 Å². The molecule has 0 unspecified atom stereocenters. The normalized spacial score (nSPS) is 9.86. The van der Waals surface area contributed by atoms with Crippen molar-refractivity contribution in [1.82, 2.24) is 10.2 Å². The van der Waals surface area contributed by atoms with Crippen molar-refractivity contribution in [3.8, 4) is 0 Å². The highest BCUT2D eigenvalue weighted by Crippen LogP contribution is 2.19. The fraction of sp³-hybridized carbons (Fsp3) is 0.308. The molecule has 0 aliphatic rings. The third-order valence-electron chi connectivity index (χ3n) is 2.53. The molecule has 0 aromatic heterocycles. The van der Waals surface area contributed by atoms with Gasteiger partial charge >= 0.3 is 12.0 Å². The fourth-order valence-corrected chi connectivity index (χ4v) is 1.96. The second-order valence-corrected chi connectivity index (χ2v) is 5.37. The number of aromatic carboxylic acids is 1. The molecule has 7 nitrogen and oxygen atoms in total. The Morgan fingerprint density at radius 2 is 1.90 bits per heavy atom. The van der Waals surface area contributed by atoms with Gasteiger partial charge in [-0.3, -0.25) is 4.79 Å². The molecule has 1 rings (SSSR count). The lowest BCUT2D eigenvalue weighted by molar-refractivity contribution is -0.128. The summed E-state index contributed by atoms with van der Waals surface area (Å²) in [5, 5.41) is 14.0. The number of carbonyl (C=O) groups excluding carboxylic acids is 2. The smallest absolute Gasteiger partial charge is 0.335 e. The van der Waals surface area contributed by atoms with Gasteiger partial charge in [-0.1, -0.05) is 15.9 Å². The Balaban J connectivity index is 2.55. The van der Waals surface area contributed by atoms with E-state index in [1.165, 1.54) is 17.0 Å². The number of carboxylic acid groups (broad SMARTS) is 1. The summed E-state index contributed by atoms with van der Waals surface area (Å²) < 4.78 is 0.542. The van der Waals surface area contributed by atoms with Crippen LogP contribution < -0.4 is 10.6 Å². The molecule has 1 aromatic carbocycles. The standard InChI is InChI=1S/C13H16BrN3O4/c1-17(2)11(18)3-4-15-13(21)16-10-6-8(12(19)20)5-9(14)7-10/h5-7H,3-4H2,1-2H3,(H,19,20)(H2,15,16,21). The first-order valence-corrected chi connectivity index (χ1v) is 6.88. The molecule has 0 saturated heterocycles. The number of hydrogen-bond donors (Lipinski definition) is 3. The monoisotopic (exact) mass is 357 g/mol. The Bertz CT molecular complexity index is 560. The van der Waals surface area contributed by atoms with E-state index in [4.69, 9.17) is 5.11 Å². The summed E-state index contributed by atoms with van der Waals surface area (Å²) in [6, 6.07) is 3.85. The van der Waals surface area contributed by atoms with Crippen LogP contribution in [0, 0.1) is 0 Å². The second kappa shape index (κ2) is 7.63. The van der Waals surface area contributed by atoms with Crippen LogP contribution in [0.15, 0.2) is 22.7 Å². The largest absolute Gasteiger partial charge is 0.478 e. The summed E-state index contributed by atoms with van der Waals surface area (Å²) in [7, 11) is 3.27. The van der Waals surface area contributed by atoms with Gasteiger partial charge in [0.1, 0.15) is 0 Å². The van der Waals surface area contributed by atoms with Crippen molar-refractivity contribution in [2.24, 2.45) is 0 Å². The van der Waals surface area contributed by atoms with Gasteiger partial charge in [-0.2, -0.15) is 0 Å². The average molecular weight is 358 g/mol. The maximum atomic E-state index is 11.6. The first kappa shape index (κ1) is 17.0. The van der Waals surface area contributed by atoms with E-state index < -0.39 is 12.0 Å². The predicted octanol–water partition coefficient (Wildman–Crippen LogP) is 1.75. The zero-order chi connectivity index (χ0) is 16.0. The summed E-state index contributed by atoms with van der Waals surface area (Å²) in [5.41, 5.74) is 0.403. The number of amides is 3. The highest BCUT2D eigenvalue weighted by Gasteiger charge is 2.09. The van der Waals surface area contributed by atoms with Crippen molar-refractivity contribution in [3.63, 3.8) is 0 Å². The molecule has 0 aliphatic heterocycles. The molecule has 3 amide bonds. The third kappa shape index (κ3) is 5.82. The SMILES string of the molecule is CN(C)C(=O)CCNC(=O)Nc1cc(Br)cc(C(=O)O)c1. The number of urea groups is 1. The van der Waals surface area contributed by atoms with Gasteiger partial charge in [-0.15, -0.1) is 0 Å². The van der Waals surface area contributed by atoms with Crippen molar-refractivity contribution < 1.29 is 19.5 Å². The molecule has 0 aliphatic carbocycles. The minimum absolute atomic E-state index is 0.0578. The number of nitrogens with zero attached hydrogens (tertiary/aromatic N) is 1. The quantitative estimate of drug-likeness (QED) is 0.747. The lowest BCUT2D eigenvalue weighted by Crippen LogP contribution is -2.33. The van der Waals surface area contributed by atoms with Gasteiger partial charge in [0, 0.05) is 37.2 Å². The first-order chi connectivity index (χ1) is 9.79. The van der Waals surface area contributed by atoms with Crippen LogP contribution >= 0.6 is 15.9 Å². The van der Waals surface area contributed by atoms with Crippen molar-refractivity contribution >= 4 is 39.5 Å². The highest BCUT2D eigenvalue weighted by molar-refractivity contribution is 9.10. The van der Waals surface area contributed by atoms with Gasteiger partial charge in [0.15, 0.2) is 0 Å². The summed E-state index contributed by atoms with van der Waals surface area (Å²) in [5.74, 6) is -1.18. The van der Waals surface area contributed by atoms with Crippen molar-refractivity contribution in [3.05, 3.63) is 28.2 Å².